The summed E-state index contributed by atoms with van der Waals surface area (Å²) in [5.41, 5.74) is 1.64. The summed E-state index contributed by atoms with van der Waals surface area (Å²) in [6, 6.07) is 2.03. The van der Waals surface area contributed by atoms with E-state index >= 15 is 0 Å². The molecule has 284 valence electrons. The zero-order valence-electron chi connectivity index (χ0n) is 31.2. The third-order valence-electron chi connectivity index (χ3n) is 11.5. The van der Waals surface area contributed by atoms with E-state index in [0.29, 0.717) is 25.6 Å². The Balaban J connectivity index is 0.000000208. The van der Waals surface area contributed by atoms with E-state index in [1.54, 1.807) is 5.70 Å². The van der Waals surface area contributed by atoms with Crippen molar-refractivity contribution in [1.82, 2.24) is 15.1 Å². The van der Waals surface area contributed by atoms with E-state index in [0.717, 1.165) is 37.8 Å². The van der Waals surface area contributed by atoms with Gasteiger partial charge in [0.1, 0.15) is 5.78 Å². The topological polar surface area (TPSA) is 132 Å². The Morgan fingerprint density at radius 3 is 1.69 bits per heavy atom. The molecule has 1 unspecified atom stereocenters. The van der Waals surface area contributed by atoms with Crippen LogP contribution in [0, 0.1) is 0 Å². The van der Waals surface area contributed by atoms with Gasteiger partial charge >= 0.3 is 45.5 Å². The first kappa shape index (κ1) is 45.0. The number of allylic oxidation sites excluding steroid dienone is 2. The molecule has 8 rings (SSSR count). The molecular weight excluding hydrogens is 653 g/mol. The molecule has 0 aromatic rings. The summed E-state index contributed by atoms with van der Waals surface area (Å²) in [6.45, 7) is 10.9. The molecule has 10 nitrogen and oxygen atoms in total. The summed E-state index contributed by atoms with van der Waals surface area (Å²) < 4.78 is 22.0. The van der Waals surface area contributed by atoms with E-state index < -0.39 is 7.32 Å². The Morgan fingerprint density at radius 2 is 1.29 bits per heavy atom. The number of quaternary nitrogens is 1. The van der Waals surface area contributed by atoms with Crippen LogP contribution in [0.4, 0.5) is 0 Å². The van der Waals surface area contributed by atoms with E-state index in [2.05, 4.69) is 32.6 Å². The van der Waals surface area contributed by atoms with E-state index in [1.807, 2.05) is 0 Å². The van der Waals surface area contributed by atoms with Crippen molar-refractivity contribution in [3.63, 3.8) is 0 Å². The summed E-state index contributed by atoms with van der Waals surface area (Å²) >= 11 is 0.671. The Hall–Kier alpha value is -0.154. The minimum atomic E-state index is -3.33. The normalized spacial score (nSPS) is 26.0. The number of hydrogen-bond donors (Lipinski definition) is 3. The van der Waals surface area contributed by atoms with Gasteiger partial charge in [-0.15, -0.1) is 0 Å². The number of hydrogen-bond acceptors (Lipinski definition) is 8. The minimum Gasteiger partial charge on any atom is -0.870 e. The Labute approximate surface area is 310 Å². The molecule has 0 spiro atoms. The number of rotatable bonds is 4. The standard InChI is InChI=1S/C10H20N.C9H17N.C9H15N.C5H8O.C4H9N.Mg.H2O4S.H2O/c1-11(8-4-5-9-11)10-6-2-3-7-10;2*1-2-6-9(5-1)10-7-3-4-8-10;6-5-3-1-2-4-5;1-2-4-5-3-1;;1-4-5(2)3;/h10H,2-9H2,1H3;9H,1-8H2;5H,1-4,6-8H2;1-4H2;5H,1-4H2;;1H,(H,2,3);1H2/q+1;;;;;;;/p-1. The zero-order valence-corrected chi connectivity index (χ0v) is 33.4. The Morgan fingerprint density at radius 1 is 0.776 bits per heavy atom. The first-order valence-corrected chi connectivity index (χ1v) is 23.2. The first-order chi connectivity index (χ1) is 23.2. The van der Waals surface area contributed by atoms with Crippen molar-refractivity contribution in [2.75, 3.05) is 59.4 Å². The second-order valence-electron chi connectivity index (χ2n) is 15.4. The average molecular weight is 725 g/mol. The molecule has 7 fully saturated rings. The number of ketones is 1. The maximum absolute atomic E-state index is 10.2. The van der Waals surface area contributed by atoms with E-state index in [1.165, 1.54) is 179 Å². The van der Waals surface area contributed by atoms with Crippen LogP contribution in [-0.4, -0.2) is 131 Å². The third-order valence-corrected chi connectivity index (χ3v) is 12.1. The maximum atomic E-state index is 10.2. The van der Waals surface area contributed by atoms with Crippen molar-refractivity contribution in [2.24, 2.45) is 0 Å². The number of carbonyl (C=O) groups is 1. The van der Waals surface area contributed by atoms with Gasteiger partial charge < -0.3 is 25.1 Å². The predicted octanol–water partition coefficient (Wildman–Crippen LogP) is 6.90. The van der Waals surface area contributed by atoms with Gasteiger partial charge in [0.25, 0.3) is 0 Å². The molecule has 1 atom stereocenters. The van der Waals surface area contributed by atoms with Crippen LogP contribution < -0.4 is 5.32 Å². The fourth-order valence-electron chi connectivity index (χ4n) is 8.67. The molecule has 0 amide bonds. The van der Waals surface area contributed by atoms with Gasteiger partial charge in [0, 0.05) is 50.5 Å². The molecule has 4 heterocycles. The van der Waals surface area contributed by atoms with Crippen LogP contribution in [-0.2, 0) is 16.4 Å². The second kappa shape index (κ2) is 25.8. The summed E-state index contributed by atoms with van der Waals surface area (Å²) in [6.07, 6.45) is 33.9. The number of likely N-dealkylation sites (tertiary alicyclic amines) is 3. The summed E-state index contributed by atoms with van der Waals surface area (Å²) in [5, 5.41) is 10.6. The summed E-state index contributed by atoms with van der Waals surface area (Å²) in [5.74, 6) is 0.454. The van der Waals surface area contributed by atoms with Gasteiger partial charge in [-0.3, -0.25) is 4.79 Å². The van der Waals surface area contributed by atoms with E-state index in [4.69, 9.17) is 9.81 Å². The van der Waals surface area contributed by atoms with Gasteiger partial charge in [-0.25, -0.2) is 0 Å². The molecule has 4 saturated heterocycles. The van der Waals surface area contributed by atoms with Crippen LogP contribution in [0.5, 0.6) is 0 Å². The molecule has 0 aromatic carbocycles. The number of Topliss-reactive ketones (excluding diaryl/α,β-unsaturated/α-hetero) is 1. The van der Waals surface area contributed by atoms with Crippen LogP contribution >= 0.6 is 0 Å². The summed E-state index contributed by atoms with van der Waals surface area (Å²) in [4.78, 5) is 15.5. The van der Waals surface area contributed by atoms with Gasteiger partial charge in [-0.1, -0.05) is 18.9 Å². The van der Waals surface area contributed by atoms with Crippen LogP contribution in [0.2, 0.25) is 0 Å². The molecule has 0 radical (unpaired) electrons. The van der Waals surface area contributed by atoms with Crippen molar-refractivity contribution in [3.05, 3.63) is 11.8 Å². The second-order valence-corrected chi connectivity index (χ2v) is 18.9. The van der Waals surface area contributed by atoms with Crippen LogP contribution in [0.1, 0.15) is 148 Å². The number of nitrogens with one attached hydrogen (secondary N) is 1. The molecule has 3 saturated carbocycles. The molecule has 0 bridgehead atoms. The molecule has 4 N–H and O–H groups in total. The first-order valence-electron chi connectivity index (χ1n) is 19.9. The van der Waals surface area contributed by atoms with E-state index in [9.17, 15) is 9.00 Å². The number of nitrogens with zero attached hydrogens (tertiary/aromatic N) is 3. The maximum Gasteiger partial charge on any atom is -0.870 e. The van der Waals surface area contributed by atoms with Crippen LogP contribution in [0.25, 0.3) is 0 Å². The van der Waals surface area contributed by atoms with Gasteiger partial charge in [0.2, 0.25) is 0 Å². The van der Waals surface area contributed by atoms with Gasteiger partial charge in [0.15, 0.2) is 0 Å². The van der Waals surface area contributed by atoms with Crippen molar-refractivity contribution >= 4 is 32.9 Å². The molecule has 0 aromatic heterocycles. The zero-order chi connectivity index (χ0) is 34.5. The largest absolute Gasteiger partial charge is 0.870 e. The monoisotopic (exact) mass is 725 g/mol. The van der Waals surface area contributed by atoms with Crippen LogP contribution in [0.3, 0.4) is 0 Å². The van der Waals surface area contributed by atoms with Crippen molar-refractivity contribution in [3.8, 4) is 0 Å². The fraction of sp³-hybridized carbons (Fsp3) is 0.919. The summed E-state index contributed by atoms with van der Waals surface area (Å²) in [7, 11) is -0.854. The van der Waals surface area contributed by atoms with Crippen molar-refractivity contribution in [1.29, 1.82) is 0 Å². The fourth-order valence-corrected chi connectivity index (χ4v) is 8.67. The minimum absolute atomic E-state index is 0. The van der Waals surface area contributed by atoms with Crippen molar-refractivity contribution < 1.29 is 33.1 Å². The predicted molar refractivity (Wildman–Crippen MR) is 201 cm³/mol. The quantitative estimate of drug-likeness (QED) is 0.123. The van der Waals surface area contributed by atoms with Gasteiger partial charge in [-0.2, -0.15) is 0 Å². The molecular formula is C37H72MgN4O6S. The Kier molecular flexibility index (Phi) is 23.7. The smallest absolute Gasteiger partial charge is 0.870 e. The van der Waals surface area contributed by atoms with Crippen LogP contribution in [0.15, 0.2) is 11.8 Å². The average Bonchev–Trinajstić information content (AvgIpc) is 3.95. The number of carbonyl (C=O) groups excluding carboxylic acids is 1. The molecule has 4 aliphatic carbocycles. The van der Waals surface area contributed by atoms with Crippen molar-refractivity contribution in [2.45, 2.75) is 160 Å². The third kappa shape index (κ3) is 19.0. The SMILES string of the molecule is C1=C(N2CCCC2)CCC1.C1CCC(N2CCCC2)C1.C1CCNC1.C[N+]1(C2CCCC2)CCCC1.O=C1CCCC1.O=[S](O)(=[Mg])OO.[OH-]. The van der Waals surface area contributed by atoms with Gasteiger partial charge in [-0.05, 0) is 135 Å². The molecule has 4 aliphatic heterocycles. The van der Waals surface area contributed by atoms with Gasteiger partial charge in [0.05, 0.1) is 26.2 Å². The molecule has 49 heavy (non-hydrogen) atoms. The molecule has 8 aliphatic rings. The Bertz CT molecular complexity index is 969. The van der Waals surface area contributed by atoms with E-state index in [-0.39, 0.29) is 5.48 Å². The molecule has 12 heteroatoms.